The van der Waals surface area contributed by atoms with Crippen molar-refractivity contribution < 1.29 is 4.39 Å². The molecule has 0 radical (unpaired) electrons. The number of hydrazine groups is 1. The lowest BCUT2D eigenvalue weighted by atomic mass is 10.0. The second kappa shape index (κ2) is 5.07. The minimum Gasteiger partial charge on any atom is -0.275 e. The first kappa shape index (κ1) is 11.8. The molecule has 0 aliphatic rings. The number of nitrogens with one attached hydrogen (secondary N) is 1. The molecule has 2 rings (SSSR count). The summed E-state index contributed by atoms with van der Waals surface area (Å²) < 4.78 is 14.5. The first-order chi connectivity index (χ1) is 8.19. The molecule has 1 unspecified atom stereocenters. The van der Waals surface area contributed by atoms with E-state index in [-0.39, 0.29) is 11.9 Å². The lowest BCUT2D eigenvalue weighted by Gasteiger charge is -2.13. The van der Waals surface area contributed by atoms with Crippen LogP contribution in [-0.4, -0.2) is 9.78 Å². The molecule has 17 heavy (non-hydrogen) atoms. The Morgan fingerprint density at radius 3 is 2.65 bits per heavy atom. The summed E-state index contributed by atoms with van der Waals surface area (Å²) in [6.45, 7) is 0. The fourth-order valence-electron chi connectivity index (χ4n) is 1.75. The van der Waals surface area contributed by atoms with Gasteiger partial charge in [0.25, 0.3) is 0 Å². The van der Waals surface area contributed by atoms with Gasteiger partial charge in [-0.05, 0) is 24.1 Å². The molecule has 0 fully saturated rings. The molecule has 0 saturated carbocycles. The second-order valence-corrected chi connectivity index (χ2v) is 4.00. The van der Waals surface area contributed by atoms with Crippen molar-refractivity contribution in [2.24, 2.45) is 12.9 Å². The summed E-state index contributed by atoms with van der Waals surface area (Å²) in [6.07, 6.45) is 4.38. The second-order valence-electron chi connectivity index (χ2n) is 4.00. The van der Waals surface area contributed by atoms with E-state index in [2.05, 4.69) is 10.5 Å². The zero-order valence-corrected chi connectivity index (χ0v) is 9.60. The summed E-state index contributed by atoms with van der Waals surface area (Å²) in [6, 6.07) is 6.40. The molecule has 0 bridgehead atoms. The lowest BCUT2D eigenvalue weighted by molar-refractivity contribution is 0.550. The van der Waals surface area contributed by atoms with Gasteiger partial charge in [-0.2, -0.15) is 5.10 Å². The van der Waals surface area contributed by atoms with Crippen LogP contribution in [-0.2, 0) is 13.5 Å². The highest BCUT2D eigenvalue weighted by atomic mass is 19.1. The first-order valence-corrected chi connectivity index (χ1v) is 5.38. The van der Waals surface area contributed by atoms with Gasteiger partial charge in [-0.1, -0.05) is 12.1 Å². The molecule has 1 heterocycles. The largest absolute Gasteiger partial charge is 0.275 e. The van der Waals surface area contributed by atoms with Gasteiger partial charge in [-0.25, -0.2) is 4.39 Å². The number of nitrogens with two attached hydrogens (primary N) is 1. The van der Waals surface area contributed by atoms with Crippen LogP contribution in [0.25, 0.3) is 0 Å². The summed E-state index contributed by atoms with van der Waals surface area (Å²) in [4.78, 5) is 0. The van der Waals surface area contributed by atoms with E-state index in [1.165, 1.54) is 12.1 Å². The summed E-state index contributed by atoms with van der Waals surface area (Å²) in [7, 11) is 1.86. The van der Waals surface area contributed by atoms with Gasteiger partial charge >= 0.3 is 0 Å². The van der Waals surface area contributed by atoms with Gasteiger partial charge < -0.3 is 0 Å². The zero-order valence-electron chi connectivity index (χ0n) is 9.60. The van der Waals surface area contributed by atoms with Gasteiger partial charge in [0.1, 0.15) is 5.82 Å². The SMILES string of the molecule is Cn1cc(C(Cc2ccc(F)cc2)NN)cn1. The van der Waals surface area contributed by atoms with Crippen LogP contribution < -0.4 is 11.3 Å². The van der Waals surface area contributed by atoms with E-state index in [9.17, 15) is 4.39 Å². The Morgan fingerprint density at radius 1 is 1.41 bits per heavy atom. The van der Waals surface area contributed by atoms with Gasteiger partial charge in [0.05, 0.1) is 12.2 Å². The fourth-order valence-corrected chi connectivity index (χ4v) is 1.75. The Kier molecular flexibility index (Phi) is 3.51. The molecule has 1 aromatic carbocycles. The van der Waals surface area contributed by atoms with Crippen LogP contribution >= 0.6 is 0 Å². The molecule has 0 aliphatic carbocycles. The highest BCUT2D eigenvalue weighted by Crippen LogP contribution is 2.17. The van der Waals surface area contributed by atoms with Crippen LogP contribution in [0.1, 0.15) is 17.2 Å². The van der Waals surface area contributed by atoms with E-state index in [1.807, 2.05) is 13.2 Å². The topological polar surface area (TPSA) is 55.9 Å². The van der Waals surface area contributed by atoms with Crippen LogP contribution in [0.4, 0.5) is 4.39 Å². The molecular formula is C12H15FN4. The normalized spacial score (nSPS) is 12.6. The zero-order chi connectivity index (χ0) is 12.3. The van der Waals surface area contributed by atoms with E-state index < -0.39 is 0 Å². The Bertz CT molecular complexity index is 478. The standard InChI is InChI=1S/C12H15FN4/c1-17-8-10(7-15-17)12(16-14)6-9-2-4-11(13)5-3-9/h2-5,7-8,12,16H,6,14H2,1H3. The summed E-state index contributed by atoms with van der Waals surface area (Å²) in [5.41, 5.74) is 4.79. The van der Waals surface area contributed by atoms with Crippen molar-refractivity contribution in [2.75, 3.05) is 0 Å². The van der Waals surface area contributed by atoms with Crippen LogP contribution in [0.2, 0.25) is 0 Å². The van der Waals surface area contributed by atoms with Crippen molar-refractivity contribution in [1.29, 1.82) is 0 Å². The van der Waals surface area contributed by atoms with Gasteiger partial charge in [0, 0.05) is 18.8 Å². The van der Waals surface area contributed by atoms with Crippen molar-refractivity contribution in [3.8, 4) is 0 Å². The summed E-state index contributed by atoms with van der Waals surface area (Å²) >= 11 is 0. The number of halogens is 1. The summed E-state index contributed by atoms with van der Waals surface area (Å²) in [5.74, 6) is 5.30. The Labute approximate surface area is 99.2 Å². The number of rotatable bonds is 4. The Balaban J connectivity index is 2.12. The van der Waals surface area contributed by atoms with E-state index in [1.54, 1.807) is 23.0 Å². The van der Waals surface area contributed by atoms with Crippen LogP contribution in [0.5, 0.6) is 0 Å². The average molecular weight is 234 g/mol. The van der Waals surface area contributed by atoms with Crippen molar-refractivity contribution in [3.63, 3.8) is 0 Å². The van der Waals surface area contributed by atoms with Crippen molar-refractivity contribution in [2.45, 2.75) is 12.5 Å². The quantitative estimate of drug-likeness (QED) is 0.619. The van der Waals surface area contributed by atoms with Crippen LogP contribution in [0, 0.1) is 5.82 Å². The third kappa shape index (κ3) is 2.89. The predicted octanol–water partition coefficient (Wildman–Crippen LogP) is 1.31. The summed E-state index contributed by atoms with van der Waals surface area (Å²) in [5, 5.41) is 4.10. The molecule has 4 nitrogen and oxygen atoms in total. The van der Waals surface area contributed by atoms with Gasteiger partial charge in [-0.15, -0.1) is 0 Å². The van der Waals surface area contributed by atoms with Gasteiger partial charge in [0.2, 0.25) is 0 Å². The molecule has 90 valence electrons. The molecule has 3 N–H and O–H groups in total. The minimum absolute atomic E-state index is 0.0193. The van der Waals surface area contributed by atoms with Crippen LogP contribution in [0.3, 0.4) is 0 Å². The Morgan fingerprint density at radius 2 is 2.12 bits per heavy atom. The number of hydrogen-bond donors (Lipinski definition) is 2. The maximum absolute atomic E-state index is 12.8. The molecule has 0 spiro atoms. The lowest BCUT2D eigenvalue weighted by Crippen LogP contribution is -2.29. The van der Waals surface area contributed by atoms with Gasteiger partial charge in [0.15, 0.2) is 0 Å². The number of aryl methyl sites for hydroxylation is 1. The third-order valence-corrected chi connectivity index (χ3v) is 2.68. The Hall–Kier alpha value is -1.72. The van der Waals surface area contributed by atoms with Gasteiger partial charge in [-0.3, -0.25) is 16.0 Å². The fraction of sp³-hybridized carbons (Fsp3) is 0.250. The van der Waals surface area contributed by atoms with E-state index in [0.717, 1.165) is 11.1 Å². The smallest absolute Gasteiger partial charge is 0.123 e. The number of benzene rings is 1. The minimum atomic E-state index is -0.229. The van der Waals surface area contributed by atoms with E-state index in [4.69, 9.17) is 5.84 Å². The molecule has 0 amide bonds. The number of nitrogens with zero attached hydrogens (tertiary/aromatic N) is 2. The maximum atomic E-state index is 12.8. The molecule has 0 aliphatic heterocycles. The van der Waals surface area contributed by atoms with E-state index >= 15 is 0 Å². The van der Waals surface area contributed by atoms with Crippen molar-refractivity contribution in [3.05, 3.63) is 53.6 Å². The number of hydrogen-bond acceptors (Lipinski definition) is 3. The van der Waals surface area contributed by atoms with E-state index in [0.29, 0.717) is 6.42 Å². The average Bonchev–Trinajstić information content (AvgIpc) is 2.75. The first-order valence-electron chi connectivity index (χ1n) is 5.38. The highest BCUT2D eigenvalue weighted by Gasteiger charge is 2.12. The van der Waals surface area contributed by atoms with Crippen LogP contribution in [0.15, 0.2) is 36.7 Å². The maximum Gasteiger partial charge on any atom is 0.123 e. The molecule has 0 saturated heterocycles. The monoisotopic (exact) mass is 234 g/mol. The predicted molar refractivity (Wildman–Crippen MR) is 63.4 cm³/mol. The highest BCUT2D eigenvalue weighted by molar-refractivity contribution is 5.20. The molecule has 5 heteroatoms. The molecule has 1 atom stereocenters. The molecule has 2 aromatic rings. The molecule has 1 aromatic heterocycles. The van der Waals surface area contributed by atoms with Crippen molar-refractivity contribution >= 4 is 0 Å². The third-order valence-electron chi connectivity index (χ3n) is 2.68. The number of aromatic nitrogens is 2. The molecular weight excluding hydrogens is 219 g/mol. The van der Waals surface area contributed by atoms with Crippen molar-refractivity contribution in [1.82, 2.24) is 15.2 Å².